The van der Waals surface area contributed by atoms with Crippen LogP contribution in [-0.4, -0.2) is 59.3 Å². The van der Waals surface area contributed by atoms with Crippen LogP contribution in [0.25, 0.3) is 33.4 Å². The molecule has 0 aliphatic carbocycles. The molecule has 1 aliphatic heterocycles. The summed E-state index contributed by atoms with van der Waals surface area (Å²) in [6.45, 7) is 9.51. The van der Waals surface area contributed by atoms with Crippen LogP contribution in [0.3, 0.4) is 0 Å². The molecule has 0 saturated carbocycles. The first-order valence-corrected chi connectivity index (χ1v) is 12.9. The molecule has 2 aromatic heterocycles. The van der Waals surface area contributed by atoms with E-state index in [1.165, 1.54) is 11.8 Å². The maximum Gasteiger partial charge on any atom is 0.490 e. The molecule has 214 valence electrons. The number of aromatic amines is 1. The fraction of sp³-hybridized carbons (Fsp3) is 0.207. The number of carbonyl (C=O) groups is 2. The van der Waals surface area contributed by atoms with E-state index >= 15 is 0 Å². The number of piperazine rings is 1. The van der Waals surface area contributed by atoms with E-state index in [0.29, 0.717) is 5.02 Å². The minimum atomic E-state index is -5.08. The smallest absolute Gasteiger partial charge is 0.475 e. The van der Waals surface area contributed by atoms with Crippen molar-refractivity contribution in [3.05, 3.63) is 78.0 Å². The van der Waals surface area contributed by atoms with Gasteiger partial charge in [-0.1, -0.05) is 42.4 Å². The Kier molecular flexibility index (Phi) is 8.99. The number of pyridine rings is 1. The molecule has 0 spiro atoms. The molecule has 2 aromatic carbocycles. The molecular weight excluding hydrogens is 559 g/mol. The number of halogens is 4. The number of H-pyrrole nitrogens is 1. The molecule has 1 saturated heterocycles. The van der Waals surface area contributed by atoms with Gasteiger partial charge in [0, 0.05) is 54.7 Å². The van der Waals surface area contributed by atoms with Gasteiger partial charge >= 0.3 is 12.1 Å². The quantitative estimate of drug-likeness (QED) is 0.213. The van der Waals surface area contributed by atoms with Crippen LogP contribution in [0.15, 0.2) is 67.4 Å². The molecule has 4 N–H and O–H groups in total. The predicted octanol–water partition coefficient (Wildman–Crippen LogP) is 6.03. The van der Waals surface area contributed by atoms with Crippen LogP contribution in [0.2, 0.25) is 5.02 Å². The van der Waals surface area contributed by atoms with E-state index in [1.54, 1.807) is 12.3 Å². The Morgan fingerprint density at radius 3 is 2.34 bits per heavy atom. The van der Waals surface area contributed by atoms with E-state index < -0.39 is 12.1 Å². The second kappa shape index (κ2) is 12.4. The number of alkyl halides is 3. The number of nitrogens with one attached hydrogen (secondary N) is 3. The van der Waals surface area contributed by atoms with Gasteiger partial charge < -0.3 is 25.6 Å². The number of carboxylic acid groups (broad SMARTS) is 1. The van der Waals surface area contributed by atoms with Crippen LogP contribution >= 0.6 is 11.6 Å². The van der Waals surface area contributed by atoms with E-state index in [2.05, 4.69) is 56.3 Å². The summed E-state index contributed by atoms with van der Waals surface area (Å²) in [5.74, 6) is -3.00. The Morgan fingerprint density at radius 2 is 1.73 bits per heavy atom. The van der Waals surface area contributed by atoms with Crippen molar-refractivity contribution < 1.29 is 27.9 Å². The number of aromatic nitrogens is 2. The van der Waals surface area contributed by atoms with Gasteiger partial charge in [0.2, 0.25) is 5.91 Å². The van der Waals surface area contributed by atoms with Crippen molar-refractivity contribution in [2.24, 2.45) is 0 Å². The number of carbonyl (C=O) groups excluding carboxylic acids is 1. The summed E-state index contributed by atoms with van der Waals surface area (Å²) in [6.07, 6.45) is -2.11. The lowest BCUT2D eigenvalue weighted by atomic mass is 9.97. The van der Waals surface area contributed by atoms with Gasteiger partial charge in [0.1, 0.15) is 5.65 Å². The Hall–Kier alpha value is -4.35. The molecule has 1 amide bonds. The highest BCUT2D eigenvalue weighted by Gasteiger charge is 2.38. The molecule has 1 aliphatic rings. The largest absolute Gasteiger partial charge is 0.490 e. The number of carboxylic acids is 1. The maximum atomic E-state index is 12.0. The number of benzene rings is 2. The molecule has 0 radical (unpaired) electrons. The lowest BCUT2D eigenvalue weighted by molar-refractivity contribution is -0.192. The molecule has 3 heterocycles. The van der Waals surface area contributed by atoms with Gasteiger partial charge in [-0.3, -0.25) is 4.79 Å². The molecule has 1 fully saturated rings. The fourth-order valence-electron chi connectivity index (χ4n) is 4.44. The second-order valence-electron chi connectivity index (χ2n) is 9.20. The van der Waals surface area contributed by atoms with Gasteiger partial charge in [-0.15, -0.1) is 0 Å². The lowest BCUT2D eigenvalue weighted by Gasteiger charge is -2.29. The van der Waals surface area contributed by atoms with Gasteiger partial charge in [-0.05, 0) is 54.0 Å². The average molecular weight is 586 g/mol. The average Bonchev–Trinajstić information content (AvgIpc) is 3.35. The van der Waals surface area contributed by atoms with Crippen molar-refractivity contribution in [3.8, 4) is 22.4 Å². The molecule has 0 unspecified atom stereocenters. The summed E-state index contributed by atoms with van der Waals surface area (Å²) >= 11 is 6.66. The zero-order chi connectivity index (χ0) is 29.7. The van der Waals surface area contributed by atoms with Crippen LogP contribution < -0.4 is 15.5 Å². The molecular formula is C29H27ClF3N5O3. The lowest BCUT2D eigenvalue weighted by Crippen LogP contribution is -2.43. The van der Waals surface area contributed by atoms with Crippen molar-refractivity contribution >= 4 is 45.9 Å². The van der Waals surface area contributed by atoms with Gasteiger partial charge in [0.05, 0.1) is 10.7 Å². The minimum absolute atomic E-state index is 0.248. The summed E-state index contributed by atoms with van der Waals surface area (Å²) in [5.41, 5.74) is 7.50. The Balaban J connectivity index is 0.000000493. The highest BCUT2D eigenvalue weighted by Crippen LogP contribution is 2.42. The number of amides is 1. The standard InChI is InChI=1S/C27H26ClN5O.C2HF3O2/c1-3-23(34)31-22-16-19(5-4-17(22)2)24-25-21(28)10-11-30-27(25)32-26(24)18-6-8-20(9-7-18)33-14-12-29-13-15-33;3-2(4,5)1(6)7/h3-11,16,29H,1,12-15H2,2H3,(H,30,32)(H,31,34);(H,6,7). The molecule has 8 nitrogen and oxygen atoms in total. The number of aryl methyl sites for hydroxylation is 1. The molecule has 41 heavy (non-hydrogen) atoms. The van der Waals surface area contributed by atoms with Crippen molar-refractivity contribution in [1.29, 1.82) is 0 Å². The molecule has 4 aromatic rings. The Bertz CT molecular complexity index is 1580. The first-order valence-electron chi connectivity index (χ1n) is 12.6. The van der Waals surface area contributed by atoms with Gasteiger partial charge in [0.15, 0.2) is 0 Å². The zero-order valence-corrected chi connectivity index (χ0v) is 22.7. The Labute approximate surface area is 238 Å². The summed E-state index contributed by atoms with van der Waals surface area (Å²) in [6, 6.07) is 16.4. The van der Waals surface area contributed by atoms with Crippen LogP contribution in [0, 0.1) is 6.92 Å². The van der Waals surface area contributed by atoms with Crippen molar-refractivity contribution in [1.82, 2.24) is 15.3 Å². The molecule has 0 bridgehead atoms. The fourth-order valence-corrected chi connectivity index (χ4v) is 4.68. The van der Waals surface area contributed by atoms with Gasteiger partial charge in [-0.2, -0.15) is 13.2 Å². The Morgan fingerprint density at radius 1 is 1.10 bits per heavy atom. The third-order valence-electron chi connectivity index (χ3n) is 6.49. The highest BCUT2D eigenvalue weighted by molar-refractivity contribution is 6.36. The van der Waals surface area contributed by atoms with E-state index in [4.69, 9.17) is 21.5 Å². The third kappa shape index (κ3) is 6.87. The van der Waals surface area contributed by atoms with Crippen LogP contribution in [0.1, 0.15) is 5.56 Å². The predicted molar refractivity (Wildman–Crippen MR) is 154 cm³/mol. The molecule has 12 heteroatoms. The number of nitrogens with zero attached hydrogens (tertiary/aromatic N) is 2. The minimum Gasteiger partial charge on any atom is -0.475 e. The van der Waals surface area contributed by atoms with E-state index in [0.717, 1.165) is 70.8 Å². The number of rotatable bonds is 5. The van der Waals surface area contributed by atoms with Crippen LogP contribution in [0.5, 0.6) is 0 Å². The zero-order valence-electron chi connectivity index (χ0n) is 22.0. The first kappa shape index (κ1) is 29.6. The van der Waals surface area contributed by atoms with Gasteiger partial charge in [0.25, 0.3) is 0 Å². The normalized spacial score (nSPS) is 13.3. The number of anilines is 2. The first-order chi connectivity index (χ1) is 19.5. The van der Waals surface area contributed by atoms with Crippen molar-refractivity contribution in [3.63, 3.8) is 0 Å². The molecule has 0 atom stereocenters. The number of fused-ring (bicyclic) bond motifs is 1. The summed E-state index contributed by atoms with van der Waals surface area (Å²) in [4.78, 5) is 31.3. The summed E-state index contributed by atoms with van der Waals surface area (Å²) in [5, 5.41) is 14.9. The third-order valence-corrected chi connectivity index (χ3v) is 6.81. The van der Waals surface area contributed by atoms with E-state index in [9.17, 15) is 18.0 Å². The maximum absolute atomic E-state index is 12.0. The van der Waals surface area contributed by atoms with Crippen LogP contribution in [0.4, 0.5) is 24.5 Å². The number of hydrogen-bond acceptors (Lipinski definition) is 5. The number of aliphatic carboxylic acids is 1. The summed E-state index contributed by atoms with van der Waals surface area (Å²) < 4.78 is 31.7. The number of hydrogen-bond donors (Lipinski definition) is 4. The summed E-state index contributed by atoms with van der Waals surface area (Å²) in [7, 11) is 0. The monoisotopic (exact) mass is 585 g/mol. The van der Waals surface area contributed by atoms with Gasteiger partial charge in [-0.25, -0.2) is 9.78 Å². The second-order valence-corrected chi connectivity index (χ2v) is 9.61. The topological polar surface area (TPSA) is 110 Å². The molecule has 5 rings (SSSR count). The SMILES string of the molecule is C=CC(=O)Nc1cc(-c2c(-c3ccc(N4CCNCC4)cc3)[nH]c3nccc(Cl)c23)ccc1C.O=C(O)C(F)(F)F. The van der Waals surface area contributed by atoms with E-state index in [-0.39, 0.29) is 5.91 Å². The highest BCUT2D eigenvalue weighted by atomic mass is 35.5. The van der Waals surface area contributed by atoms with Crippen molar-refractivity contribution in [2.75, 3.05) is 36.4 Å². The van der Waals surface area contributed by atoms with E-state index in [1.807, 2.05) is 25.1 Å². The van der Waals surface area contributed by atoms with Crippen LogP contribution in [-0.2, 0) is 9.59 Å². The van der Waals surface area contributed by atoms with Crippen molar-refractivity contribution in [2.45, 2.75) is 13.1 Å².